The van der Waals surface area contributed by atoms with Crippen molar-refractivity contribution >= 4 is 17.4 Å². The molecule has 7 heteroatoms. The van der Waals surface area contributed by atoms with E-state index in [4.69, 9.17) is 0 Å². The maximum absolute atomic E-state index is 10.6. The van der Waals surface area contributed by atoms with Crippen LogP contribution in [0.25, 0.3) is 0 Å². The van der Waals surface area contributed by atoms with E-state index >= 15 is 0 Å². The summed E-state index contributed by atoms with van der Waals surface area (Å²) in [5, 5.41) is 16.1. The third kappa shape index (κ3) is 3.52. The van der Waals surface area contributed by atoms with Crippen LogP contribution in [0.4, 0.5) is 11.5 Å². The van der Waals surface area contributed by atoms with Gasteiger partial charge >= 0.3 is 11.5 Å². The van der Waals surface area contributed by atoms with Gasteiger partial charge in [-0.3, -0.25) is 20.2 Å². The smallest absolute Gasteiger partial charge is 0.352 e. The molecule has 3 N–H and O–H groups in total. The monoisotopic (exact) mass is 225 g/mol. The van der Waals surface area contributed by atoms with Crippen molar-refractivity contribution in [1.82, 2.24) is 5.32 Å². The number of carbonyl (C=O) groups excluding carboxylic acids is 1. The van der Waals surface area contributed by atoms with E-state index < -0.39 is 4.92 Å². The minimum Gasteiger partial charge on any atom is -0.352 e. The number of amides is 1. The fraction of sp³-hybridized carbons (Fsp3) is 0.333. The zero-order valence-electron chi connectivity index (χ0n) is 8.82. The molecule has 0 aliphatic carbocycles. The molecule has 0 atom stereocenters. The van der Waals surface area contributed by atoms with Gasteiger partial charge in [-0.1, -0.05) is 0 Å². The molecule has 0 saturated heterocycles. The molecule has 1 amide bonds. The Kier molecular flexibility index (Phi) is 4.19. The molecule has 16 heavy (non-hydrogen) atoms. The van der Waals surface area contributed by atoms with Crippen LogP contribution in [0.2, 0.25) is 0 Å². The second-order valence-electron chi connectivity index (χ2n) is 3.10. The Bertz CT molecular complexity index is 394. The number of nitrogens with zero attached hydrogens (tertiary/aromatic N) is 1. The van der Waals surface area contributed by atoms with Crippen LogP contribution < -0.4 is 15.6 Å². The summed E-state index contributed by atoms with van der Waals surface area (Å²) in [6.07, 6.45) is 1.59. The Balaban J connectivity index is 2.53. The van der Waals surface area contributed by atoms with Crippen molar-refractivity contribution in [3.63, 3.8) is 0 Å². The first kappa shape index (κ1) is 11.9. The summed E-state index contributed by atoms with van der Waals surface area (Å²) in [5.74, 6) is 0.200. The molecule has 0 fully saturated rings. The molecule has 0 aromatic carbocycles. The summed E-state index contributed by atoms with van der Waals surface area (Å²) >= 11 is 0. The number of hydrogen-bond donors (Lipinski definition) is 2. The van der Waals surface area contributed by atoms with Crippen molar-refractivity contribution in [3.05, 3.63) is 28.4 Å². The van der Waals surface area contributed by atoms with Crippen LogP contribution in [-0.2, 0) is 4.79 Å². The summed E-state index contributed by atoms with van der Waals surface area (Å²) in [5.41, 5.74) is -0.0228. The van der Waals surface area contributed by atoms with Crippen LogP contribution in [0.5, 0.6) is 0 Å². The lowest BCUT2D eigenvalue weighted by atomic mass is 10.4. The van der Waals surface area contributed by atoms with Crippen LogP contribution in [0, 0.1) is 10.1 Å². The van der Waals surface area contributed by atoms with E-state index in [1.165, 1.54) is 13.0 Å². The number of H-pyrrole nitrogens is 1. The summed E-state index contributed by atoms with van der Waals surface area (Å²) in [4.78, 5) is 23.5. The summed E-state index contributed by atoms with van der Waals surface area (Å²) < 4.78 is 0. The molecule has 0 bridgehead atoms. The Morgan fingerprint density at radius 2 is 2.31 bits per heavy atom. The third-order valence-electron chi connectivity index (χ3n) is 1.83. The van der Waals surface area contributed by atoms with Crippen molar-refractivity contribution in [2.75, 3.05) is 18.4 Å². The number of nitrogens with one attached hydrogen (secondary N) is 3. The van der Waals surface area contributed by atoms with Gasteiger partial charge in [0.2, 0.25) is 5.91 Å². The van der Waals surface area contributed by atoms with Gasteiger partial charge in [0.25, 0.3) is 0 Å². The number of nitro groups is 1. The summed E-state index contributed by atoms with van der Waals surface area (Å²) in [7, 11) is 0. The van der Waals surface area contributed by atoms with E-state index in [1.54, 1.807) is 12.3 Å². The molecule has 1 aromatic rings. The maximum atomic E-state index is 10.6. The van der Waals surface area contributed by atoms with Gasteiger partial charge in [0, 0.05) is 13.0 Å². The first-order chi connectivity index (χ1) is 7.61. The van der Waals surface area contributed by atoms with Crippen molar-refractivity contribution in [2.45, 2.75) is 6.92 Å². The van der Waals surface area contributed by atoms with Gasteiger partial charge < -0.3 is 5.32 Å². The summed E-state index contributed by atoms with van der Waals surface area (Å²) in [6, 6.07) is 2.95. The van der Waals surface area contributed by atoms with E-state index in [0.717, 1.165) is 0 Å². The molecule has 0 aliphatic heterocycles. The van der Waals surface area contributed by atoms with Crippen LogP contribution >= 0.6 is 0 Å². The van der Waals surface area contributed by atoms with Gasteiger partial charge in [-0.05, 0) is 6.07 Å². The van der Waals surface area contributed by atoms with Crippen molar-refractivity contribution < 1.29 is 14.7 Å². The highest BCUT2D eigenvalue weighted by Crippen LogP contribution is 2.16. The van der Waals surface area contributed by atoms with Gasteiger partial charge in [0.05, 0.1) is 17.7 Å². The molecule has 86 valence electrons. The lowest BCUT2D eigenvalue weighted by molar-refractivity contribution is -0.409. The molecular formula is C9H13N4O3+. The number of aromatic amines is 1. The number of carbonyl (C=O) groups is 1. The highest BCUT2D eigenvalue weighted by molar-refractivity contribution is 5.72. The minimum atomic E-state index is -0.475. The lowest BCUT2D eigenvalue weighted by Crippen LogP contribution is -2.28. The molecular weight excluding hydrogens is 212 g/mol. The van der Waals surface area contributed by atoms with Crippen molar-refractivity contribution in [2.24, 2.45) is 0 Å². The lowest BCUT2D eigenvalue weighted by Gasteiger charge is -2.00. The second-order valence-corrected chi connectivity index (χ2v) is 3.10. The molecule has 1 aromatic heterocycles. The van der Waals surface area contributed by atoms with Gasteiger partial charge in [-0.2, -0.15) is 0 Å². The Labute approximate surface area is 92.0 Å². The first-order valence-electron chi connectivity index (χ1n) is 4.74. The standard InChI is InChI=1S/C9H12N4O3/c1-7(14)10-5-6-12-9-8(13(15)16)3-2-4-11-9/h2-4H,5-6H2,1H3,(H,10,14)(H,11,12)/p+1. The van der Waals surface area contributed by atoms with Crippen LogP contribution in [0.15, 0.2) is 18.3 Å². The second kappa shape index (κ2) is 5.64. The van der Waals surface area contributed by atoms with Crippen LogP contribution in [0.1, 0.15) is 6.92 Å². The molecule has 0 aliphatic rings. The van der Waals surface area contributed by atoms with Gasteiger partial charge in [-0.25, -0.2) is 4.98 Å². The Morgan fingerprint density at radius 1 is 1.56 bits per heavy atom. The van der Waals surface area contributed by atoms with E-state index in [9.17, 15) is 14.9 Å². The van der Waals surface area contributed by atoms with Crippen LogP contribution in [-0.4, -0.2) is 23.9 Å². The Hall–Kier alpha value is -2.18. The molecule has 0 saturated carbocycles. The molecule has 0 radical (unpaired) electrons. The third-order valence-corrected chi connectivity index (χ3v) is 1.83. The number of rotatable bonds is 5. The maximum Gasteiger partial charge on any atom is 0.357 e. The SMILES string of the molecule is CC(=O)NCCNc1[nH+]cccc1[N+](=O)[O-]. The van der Waals surface area contributed by atoms with E-state index in [1.807, 2.05) is 0 Å². The predicted octanol–water partition coefficient (Wildman–Crippen LogP) is -0.0431. The van der Waals surface area contributed by atoms with E-state index in [0.29, 0.717) is 18.9 Å². The van der Waals surface area contributed by atoms with Crippen molar-refractivity contribution in [3.8, 4) is 0 Å². The number of pyridine rings is 1. The highest BCUT2D eigenvalue weighted by Gasteiger charge is 2.18. The largest absolute Gasteiger partial charge is 0.357 e. The van der Waals surface area contributed by atoms with E-state index in [-0.39, 0.29) is 11.6 Å². The molecule has 0 unspecified atom stereocenters. The quantitative estimate of drug-likeness (QED) is 0.417. The van der Waals surface area contributed by atoms with Crippen LogP contribution in [0.3, 0.4) is 0 Å². The average Bonchev–Trinajstić information content (AvgIpc) is 2.24. The van der Waals surface area contributed by atoms with Gasteiger partial charge in [-0.15, -0.1) is 0 Å². The molecule has 1 rings (SSSR count). The fourth-order valence-corrected chi connectivity index (χ4v) is 1.15. The first-order valence-corrected chi connectivity index (χ1v) is 4.74. The highest BCUT2D eigenvalue weighted by atomic mass is 16.6. The fourth-order valence-electron chi connectivity index (χ4n) is 1.15. The summed E-state index contributed by atoms with van der Waals surface area (Å²) in [6.45, 7) is 2.24. The molecule has 0 spiro atoms. The predicted molar refractivity (Wildman–Crippen MR) is 56.8 cm³/mol. The average molecular weight is 225 g/mol. The minimum absolute atomic E-state index is 0.0228. The van der Waals surface area contributed by atoms with Gasteiger partial charge in [0.1, 0.15) is 6.54 Å². The Morgan fingerprint density at radius 3 is 2.94 bits per heavy atom. The zero-order chi connectivity index (χ0) is 12.0. The normalized spacial score (nSPS) is 9.56. The topological polar surface area (TPSA) is 98.4 Å². The zero-order valence-corrected chi connectivity index (χ0v) is 8.82. The van der Waals surface area contributed by atoms with E-state index in [2.05, 4.69) is 15.6 Å². The molecule has 7 nitrogen and oxygen atoms in total. The molecule has 1 heterocycles. The number of aromatic nitrogens is 1. The van der Waals surface area contributed by atoms with Gasteiger partial charge in [0.15, 0.2) is 0 Å². The number of anilines is 1. The number of hydrogen-bond acceptors (Lipinski definition) is 4. The van der Waals surface area contributed by atoms with Crippen molar-refractivity contribution in [1.29, 1.82) is 0 Å².